The SMILES string of the molecule is CCN(C(=O)c1ccccc1)N(C(=O)c1ccccc1)C(C)C. The Morgan fingerprint density at radius 1 is 0.826 bits per heavy atom. The van der Waals surface area contributed by atoms with Gasteiger partial charge in [-0.15, -0.1) is 0 Å². The van der Waals surface area contributed by atoms with Gasteiger partial charge in [0, 0.05) is 23.7 Å². The lowest BCUT2D eigenvalue weighted by Crippen LogP contribution is -2.53. The van der Waals surface area contributed by atoms with E-state index in [0.29, 0.717) is 17.7 Å². The molecule has 0 saturated carbocycles. The first-order valence-electron chi connectivity index (χ1n) is 7.81. The molecule has 2 rings (SSSR count). The van der Waals surface area contributed by atoms with Crippen molar-refractivity contribution in [3.8, 4) is 0 Å². The van der Waals surface area contributed by atoms with Crippen LogP contribution in [-0.4, -0.2) is 34.4 Å². The number of carbonyl (C=O) groups is 2. The Bertz CT molecular complexity index is 654. The van der Waals surface area contributed by atoms with Crippen LogP contribution in [0.4, 0.5) is 0 Å². The van der Waals surface area contributed by atoms with Crippen LogP contribution in [0, 0.1) is 0 Å². The first-order chi connectivity index (χ1) is 11.1. The Labute approximate surface area is 137 Å². The second-order valence-corrected chi connectivity index (χ2v) is 5.50. The first kappa shape index (κ1) is 16.7. The minimum Gasteiger partial charge on any atom is -0.267 e. The molecule has 0 radical (unpaired) electrons. The van der Waals surface area contributed by atoms with Crippen LogP contribution >= 0.6 is 0 Å². The van der Waals surface area contributed by atoms with Gasteiger partial charge in [0.05, 0.1) is 0 Å². The summed E-state index contributed by atoms with van der Waals surface area (Å²) in [5.74, 6) is -0.349. The topological polar surface area (TPSA) is 40.6 Å². The van der Waals surface area contributed by atoms with E-state index in [1.807, 2.05) is 57.2 Å². The maximum Gasteiger partial charge on any atom is 0.272 e. The Morgan fingerprint density at radius 2 is 1.26 bits per heavy atom. The molecule has 2 amide bonds. The summed E-state index contributed by atoms with van der Waals surface area (Å²) < 4.78 is 0. The van der Waals surface area contributed by atoms with Gasteiger partial charge in [0.1, 0.15) is 0 Å². The lowest BCUT2D eigenvalue weighted by atomic mass is 10.2. The maximum atomic E-state index is 12.9. The molecule has 23 heavy (non-hydrogen) atoms. The van der Waals surface area contributed by atoms with Crippen LogP contribution in [0.1, 0.15) is 41.5 Å². The second kappa shape index (κ2) is 7.58. The van der Waals surface area contributed by atoms with Crippen molar-refractivity contribution in [2.75, 3.05) is 6.54 Å². The highest BCUT2D eigenvalue weighted by molar-refractivity contribution is 5.99. The van der Waals surface area contributed by atoms with E-state index in [0.717, 1.165) is 0 Å². The zero-order chi connectivity index (χ0) is 16.8. The number of rotatable bonds is 4. The van der Waals surface area contributed by atoms with Gasteiger partial charge in [-0.1, -0.05) is 36.4 Å². The highest BCUT2D eigenvalue weighted by atomic mass is 16.2. The summed E-state index contributed by atoms with van der Waals surface area (Å²) >= 11 is 0. The number of amides is 2. The van der Waals surface area contributed by atoms with Gasteiger partial charge in [0.2, 0.25) is 0 Å². The van der Waals surface area contributed by atoms with Crippen molar-refractivity contribution >= 4 is 11.8 Å². The largest absolute Gasteiger partial charge is 0.272 e. The highest BCUT2D eigenvalue weighted by Gasteiger charge is 2.28. The van der Waals surface area contributed by atoms with Crippen molar-refractivity contribution in [3.63, 3.8) is 0 Å². The molecule has 120 valence electrons. The normalized spacial score (nSPS) is 10.4. The average molecular weight is 310 g/mol. The summed E-state index contributed by atoms with van der Waals surface area (Å²) in [6.07, 6.45) is 0. The minimum atomic E-state index is -0.175. The Balaban J connectivity index is 2.35. The van der Waals surface area contributed by atoms with Crippen molar-refractivity contribution in [2.45, 2.75) is 26.8 Å². The molecule has 0 aliphatic heterocycles. The quantitative estimate of drug-likeness (QED) is 0.809. The Hall–Kier alpha value is -2.62. The van der Waals surface area contributed by atoms with E-state index in [-0.39, 0.29) is 17.9 Å². The van der Waals surface area contributed by atoms with Crippen LogP contribution in [0.15, 0.2) is 60.7 Å². The van der Waals surface area contributed by atoms with E-state index in [2.05, 4.69) is 0 Å². The smallest absolute Gasteiger partial charge is 0.267 e. The van der Waals surface area contributed by atoms with Gasteiger partial charge in [-0.25, -0.2) is 10.0 Å². The molecule has 4 heteroatoms. The lowest BCUT2D eigenvalue weighted by Gasteiger charge is -2.37. The molecular formula is C19H22N2O2. The number of carbonyl (C=O) groups excluding carboxylic acids is 2. The molecule has 0 aromatic heterocycles. The van der Waals surface area contributed by atoms with Crippen LogP contribution in [-0.2, 0) is 0 Å². The van der Waals surface area contributed by atoms with Gasteiger partial charge in [0.25, 0.3) is 11.8 Å². The molecule has 0 saturated heterocycles. The average Bonchev–Trinajstić information content (AvgIpc) is 2.59. The van der Waals surface area contributed by atoms with Gasteiger partial charge >= 0.3 is 0 Å². The molecule has 4 nitrogen and oxygen atoms in total. The summed E-state index contributed by atoms with van der Waals surface area (Å²) in [6, 6.07) is 17.9. The van der Waals surface area contributed by atoms with Crippen LogP contribution < -0.4 is 0 Å². The monoisotopic (exact) mass is 310 g/mol. The van der Waals surface area contributed by atoms with Gasteiger partial charge in [-0.2, -0.15) is 0 Å². The third-order valence-electron chi connectivity index (χ3n) is 3.53. The van der Waals surface area contributed by atoms with Crippen molar-refractivity contribution in [1.29, 1.82) is 0 Å². The highest BCUT2D eigenvalue weighted by Crippen LogP contribution is 2.15. The fourth-order valence-corrected chi connectivity index (χ4v) is 2.46. The molecule has 0 heterocycles. The Kier molecular flexibility index (Phi) is 5.52. The summed E-state index contributed by atoms with van der Waals surface area (Å²) in [6.45, 7) is 6.10. The predicted octanol–water partition coefficient (Wildman–Crippen LogP) is 3.61. The predicted molar refractivity (Wildman–Crippen MR) is 90.9 cm³/mol. The zero-order valence-corrected chi connectivity index (χ0v) is 13.8. The van der Waals surface area contributed by atoms with Crippen LogP contribution in [0.3, 0.4) is 0 Å². The minimum absolute atomic E-state index is 0.129. The molecule has 0 unspecified atom stereocenters. The molecule has 0 aliphatic rings. The van der Waals surface area contributed by atoms with E-state index in [9.17, 15) is 9.59 Å². The number of hydrogen-bond donors (Lipinski definition) is 0. The summed E-state index contributed by atoms with van der Waals surface area (Å²) in [5.41, 5.74) is 1.14. The summed E-state index contributed by atoms with van der Waals surface area (Å²) in [7, 11) is 0. The van der Waals surface area contributed by atoms with Crippen LogP contribution in [0.5, 0.6) is 0 Å². The molecule has 2 aromatic rings. The standard InChI is InChI=1S/C19H22N2O2/c1-4-20(18(22)16-11-7-5-8-12-16)21(15(2)3)19(23)17-13-9-6-10-14-17/h5-15H,4H2,1-3H3. The Morgan fingerprint density at radius 3 is 1.65 bits per heavy atom. The third kappa shape index (κ3) is 3.77. The van der Waals surface area contributed by atoms with Crippen LogP contribution in [0.25, 0.3) is 0 Å². The number of hydrazine groups is 1. The third-order valence-corrected chi connectivity index (χ3v) is 3.53. The molecule has 0 spiro atoms. The van der Waals surface area contributed by atoms with E-state index < -0.39 is 0 Å². The number of hydrogen-bond acceptors (Lipinski definition) is 2. The second-order valence-electron chi connectivity index (χ2n) is 5.50. The van der Waals surface area contributed by atoms with Crippen molar-refractivity contribution in [1.82, 2.24) is 10.0 Å². The summed E-state index contributed by atoms with van der Waals surface area (Å²) in [4.78, 5) is 25.6. The van der Waals surface area contributed by atoms with E-state index in [1.165, 1.54) is 10.0 Å². The number of benzene rings is 2. The van der Waals surface area contributed by atoms with Crippen molar-refractivity contribution in [2.24, 2.45) is 0 Å². The first-order valence-corrected chi connectivity index (χ1v) is 7.81. The van der Waals surface area contributed by atoms with Gasteiger partial charge in [0.15, 0.2) is 0 Å². The maximum absolute atomic E-state index is 12.9. The van der Waals surface area contributed by atoms with Gasteiger partial charge < -0.3 is 0 Å². The molecule has 0 N–H and O–H groups in total. The molecule has 0 atom stereocenters. The van der Waals surface area contributed by atoms with E-state index in [4.69, 9.17) is 0 Å². The van der Waals surface area contributed by atoms with Gasteiger partial charge in [-0.05, 0) is 45.0 Å². The fraction of sp³-hybridized carbons (Fsp3) is 0.263. The summed E-state index contributed by atoms with van der Waals surface area (Å²) in [5, 5.41) is 3.04. The molecule has 0 bridgehead atoms. The van der Waals surface area contributed by atoms with E-state index >= 15 is 0 Å². The lowest BCUT2D eigenvalue weighted by molar-refractivity contribution is -0.0149. The van der Waals surface area contributed by atoms with Crippen molar-refractivity contribution in [3.05, 3.63) is 71.8 Å². The molecule has 0 aliphatic carbocycles. The fourth-order valence-electron chi connectivity index (χ4n) is 2.46. The number of nitrogens with zero attached hydrogens (tertiary/aromatic N) is 2. The molecular weight excluding hydrogens is 288 g/mol. The van der Waals surface area contributed by atoms with E-state index in [1.54, 1.807) is 24.3 Å². The zero-order valence-electron chi connectivity index (χ0n) is 13.8. The van der Waals surface area contributed by atoms with Gasteiger partial charge in [-0.3, -0.25) is 9.59 Å². The van der Waals surface area contributed by atoms with Crippen molar-refractivity contribution < 1.29 is 9.59 Å². The molecule has 0 fully saturated rings. The van der Waals surface area contributed by atoms with Crippen LogP contribution in [0.2, 0.25) is 0 Å². The molecule has 2 aromatic carbocycles.